The topological polar surface area (TPSA) is 83.5 Å². The standard InChI is InChI=1S/C15H19NO4S/c1-10(2)9-14(15(17)18)16-21(19,20)13-7-5-12(6-8-13)11-3-4-11/h5-8,11,14,16H,1,3-4,9H2,2H3,(H,17,18). The first-order chi connectivity index (χ1) is 9.79. The second kappa shape index (κ2) is 5.99. The van der Waals surface area contributed by atoms with Crippen molar-refractivity contribution in [2.45, 2.75) is 43.0 Å². The molecule has 1 unspecified atom stereocenters. The number of carboxylic acid groups (broad SMARTS) is 1. The Bertz CT molecular complexity index is 645. The highest BCUT2D eigenvalue weighted by atomic mass is 32.2. The lowest BCUT2D eigenvalue weighted by Crippen LogP contribution is -2.40. The van der Waals surface area contributed by atoms with Crippen LogP contribution in [0.3, 0.4) is 0 Å². The van der Waals surface area contributed by atoms with E-state index in [1.165, 1.54) is 12.1 Å². The van der Waals surface area contributed by atoms with Crippen LogP contribution in [0, 0.1) is 0 Å². The number of rotatable bonds is 7. The fraction of sp³-hybridized carbons (Fsp3) is 0.400. The van der Waals surface area contributed by atoms with Gasteiger partial charge in [-0.25, -0.2) is 8.42 Å². The molecule has 114 valence electrons. The Morgan fingerprint density at radius 2 is 1.95 bits per heavy atom. The monoisotopic (exact) mass is 309 g/mol. The summed E-state index contributed by atoms with van der Waals surface area (Å²) < 4.78 is 26.7. The van der Waals surface area contributed by atoms with Crippen LogP contribution in [0.1, 0.15) is 37.7 Å². The van der Waals surface area contributed by atoms with Crippen LogP contribution in [-0.2, 0) is 14.8 Å². The average Bonchev–Trinajstić information content (AvgIpc) is 3.21. The van der Waals surface area contributed by atoms with Crippen molar-refractivity contribution in [3.8, 4) is 0 Å². The summed E-state index contributed by atoms with van der Waals surface area (Å²) in [6, 6.07) is 5.43. The average molecular weight is 309 g/mol. The summed E-state index contributed by atoms with van der Waals surface area (Å²) >= 11 is 0. The molecule has 0 aliphatic heterocycles. The van der Waals surface area contributed by atoms with Crippen molar-refractivity contribution in [3.63, 3.8) is 0 Å². The van der Waals surface area contributed by atoms with Gasteiger partial charge in [0.15, 0.2) is 0 Å². The summed E-state index contributed by atoms with van der Waals surface area (Å²) in [7, 11) is -3.84. The molecule has 1 saturated carbocycles. The lowest BCUT2D eigenvalue weighted by atomic mass is 10.1. The molecule has 0 aromatic heterocycles. The molecule has 1 aromatic rings. The minimum Gasteiger partial charge on any atom is -0.480 e. The molecule has 0 spiro atoms. The van der Waals surface area contributed by atoms with E-state index in [1.807, 2.05) is 0 Å². The maximum Gasteiger partial charge on any atom is 0.322 e. The molecule has 1 atom stereocenters. The molecular formula is C15H19NO4S. The first-order valence-electron chi connectivity index (χ1n) is 6.79. The Kier molecular flexibility index (Phi) is 4.49. The van der Waals surface area contributed by atoms with Crippen LogP contribution in [0.15, 0.2) is 41.3 Å². The van der Waals surface area contributed by atoms with Crippen molar-refractivity contribution in [3.05, 3.63) is 42.0 Å². The molecule has 0 radical (unpaired) electrons. The van der Waals surface area contributed by atoms with Crippen LogP contribution >= 0.6 is 0 Å². The molecule has 1 fully saturated rings. The van der Waals surface area contributed by atoms with E-state index in [0.29, 0.717) is 11.5 Å². The zero-order valence-electron chi connectivity index (χ0n) is 11.9. The van der Waals surface area contributed by atoms with Gasteiger partial charge in [-0.2, -0.15) is 4.72 Å². The first-order valence-corrected chi connectivity index (χ1v) is 8.27. The van der Waals surface area contributed by atoms with Crippen molar-refractivity contribution in [2.75, 3.05) is 0 Å². The number of carboxylic acids is 1. The Labute approximate surface area is 124 Å². The SMILES string of the molecule is C=C(C)CC(NS(=O)(=O)c1ccc(C2CC2)cc1)C(=O)O. The molecule has 0 bridgehead atoms. The van der Waals surface area contributed by atoms with Crippen molar-refractivity contribution in [1.82, 2.24) is 4.72 Å². The van der Waals surface area contributed by atoms with Gasteiger partial charge >= 0.3 is 5.97 Å². The lowest BCUT2D eigenvalue weighted by Gasteiger charge is -2.15. The Balaban J connectivity index is 2.15. The highest BCUT2D eigenvalue weighted by Crippen LogP contribution is 2.40. The quantitative estimate of drug-likeness (QED) is 0.757. The van der Waals surface area contributed by atoms with Crippen molar-refractivity contribution in [2.24, 2.45) is 0 Å². The molecule has 1 aromatic carbocycles. The molecule has 0 amide bonds. The number of hydrogen-bond donors (Lipinski definition) is 2. The highest BCUT2D eigenvalue weighted by molar-refractivity contribution is 7.89. The molecule has 1 aliphatic carbocycles. The van der Waals surface area contributed by atoms with Gasteiger partial charge in [0.1, 0.15) is 6.04 Å². The largest absolute Gasteiger partial charge is 0.480 e. The summed E-state index contributed by atoms with van der Waals surface area (Å²) in [6.07, 6.45) is 2.35. The molecule has 2 rings (SSSR count). The second-order valence-electron chi connectivity index (χ2n) is 5.52. The fourth-order valence-corrected chi connectivity index (χ4v) is 3.31. The van der Waals surface area contributed by atoms with E-state index in [2.05, 4.69) is 11.3 Å². The van der Waals surface area contributed by atoms with Gasteiger partial charge in [0, 0.05) is 0 Å². The van der Waals surface area contributed by atoms with Crippen LogP contribution in [0.4, 0.5) is 0 Å². The third-order valence-corrected chi connectivity index (χ3v) is 4.87. The minimum absolute atomic E-state index is 0.0642. The molecule has 2 N–H and O–H groups in total. The molecule has 1 aliphatic rings. The predicted octanol–water partition coefficient (Wildman–Crippen LogP) is 2.26. The van der Waals surface area contributed by atoms with E-state index in [-0.39, 0.29) is 11.3 Å². The Morgan fingerprint density at radius 1 is 1.38 bits per heavy atom. The highest BCUT2D eigenvalue weighted by Gasteiger charge is 2.27. The number of nitrogens with one attached hydrogen (secondary N) is 1. The van der Waals surface area contributed by atoms with Gasteiger partial charge in [-0.15, -0.1) is 6.58 Å². The Morgan fingerprint density at radius 3 is 2.38 bits per heavy atom. The van der Waals surface area contributed by atoms with Gasteiger partial charge in [0.25, 0.3) is 0 Å². The molecular weight excluding hydrogens is 290 g/mol. The molecule has 0 saturated heterocycles. The summed E-state index contributed by atoms with van der Waals surface area (Å²) in [5.74, 6) is -0.666. The first kappa shape index (κ1) is 15.7. The minimum atomic E-state index is -3.84. The van der Waals surface area contributed by atoms with E-state index in [0.717, 1.165) is 18.4 Å². The van der Waals surface area contributed by atoms with E-state index in [1.54, 1.807) is 19.1 Å². The summed E-state index contributed by atoms with van der Waals surface area (Å²) in [4.78, 5) is 11.2. The van der Waals surface area contributed by atoms with E-state index in [4.69, 9.17) is 5.11 Å². The molecule has 0 heterocycles. The number of carbonyl (C=O) groups is 1. The number of benzene rings is 1. The number of aliphatic carboxylic acids is 1. The molecule has 21 heavy (non-hydrogen) atoms. The maximum atomic E-state index is 12.2. The van der Waals surface area contributed by atoms with Crippen LogP contribution < -0.4 is 4.72 Å². The zero-order chi connectivity index (χ0) is 15.6. The lowest BCUT2D eigenvalue weighted by molar-refractivity contribution is -0.138. The van der Waals surface area contributed by atoms with Gasteiger partial charge in [0.2, 0.25) is 10.0 Å². The zero-order valence-corrected chi connectivity index (χ0v) is 12.7. The fourth-order valence-electron chi connectivity index (χ4n) is 2.12. The van der Waals surface area contributed by atoms with Crippen LogP contribution in [-0.4, -0.2) is 25.5 Å². The number of hydrogen-bond acceptors (Lipinski definition) is 3. The summed E-state index contributed by atoms with van der Waals surface area (Å²) in [5, 5.41) is 9.09. The van der Waals surface area contributed by atoms with Gasteiger partial charge in [-0.05, 0) is 49.8 Å². The third-order valence-electron chi connectivity index (χ3n) is 3.39. The van der Waals surface area contributed by atoms with Gasteiger partial charge in [-0.1, -0.05) is 17.7 Å². The summed E-state index contributed by atoms with van der Waals surface area (Å²) in [5.41, 5.74) is 1.74. The van der Waals surface area contributed by atoms with Crippen molar-refractivity contribution in [1.29, 1.82) is 0 Å². The van der Waals surface area contributed by atoms with Crippen LogP contribution in [0.25, 0.3) is 0 Å². The second-order valence-corrected chi connectivity index (χ2v) is 7.23. The van der Waals surface area contributed by atoms with Gasteiger partial charge in [0.05, 0.1) is 4.90 Å². The predicted molar refractivity (Wildman–Crippen MR) is 79.6 cm³/mol. The van der Waals surface area contributed by atoms with Crippen LogP contribution in [0.2, 0.25) is 0 Å². The number of sulfonamides is 1. The Hall–Kier alpha value is -1.66. The summed E-state index contributed by atoms with van der Waals surface area (Å²) in [6.45, 7) is 5.28. The third kappa shape index (κ3) is 4.15. The maximum absolute atomic E-state index is 12.2. The van der Waals surface area contributed by atoms with Gasteiger partial charge < -0.3 is 5.11 Å². The molecule has 5 nitrogen and oxygen atoms in total. The van der Waals surface area contributed by atoms with E-state index >= 15 is 0 Å². The van der Waals surface area contributed by atoms with Crippen molar-refractivity contribution < 1.29 is 18.3 Å². The van der Waals surface area contributed by atoms with Crippen LogP contribution in [0.5, 0.6) is 0 Å². The van der Waals surface area contributed by atoms with Crippen molar-refractivity contribution >= 4 is 16.0 Å². The van der Waals surface area contributed by atoms with E-state index in [9.17, 15) is 13.2 Å². The van der Waals surface area contributed by atoms with E-state index < -0.39 is 22.0 Å². The molecule has 6 heteroatoms. The van der Waals surface area contributed by atoms with Gasteiger partial charge in [-0.3, -0.25) is 4.79 Å². The smallest absolute Gasteiger partial charge is 0.322 e. The normalized spacial score (nSPS) is 16.4.